The number of nitrogens with zero attached hydrogens (tertiary/aromatic N) is 2. The van der Waals surface area contributed by atoms with Crippen LogP contribution in [0.5, 0.6) is 0 Å². The molecule has 7 nitrogen and oxygen atoms in total. The molecule has 0 aliphatic carbocycles. The molecular formula is C22H26FN3O4S. The van der Waals surface area contributed by atoms with Crippen molar-refractivity contribution < 1.29 is 22.4 Å². The van der Waals surface area contributed by atoms with Crippen LogP contribution in [0.25, 0.3) is 0 Å². The van der Waals surface area contributed by atoms with Crippen molar-refractivity contribution in [2.45, 2.75) is 32.5 Å². The molecule has 1 aliphatic rings. The number of hydrogen-bond acceptors (Lipinski definition) is 4. The third kappa shape index (κ3) is 5.29. The fourth-order valence-electron chi connectivity index (χ4n) is 3.66. The van der Waals surface area contributed by atoms with Crippen molar-refractivity contribution in [3.8, 4) is 0 Å². The van der Waals surface area contributed by atoms with E-state index < -0.39 is 27.4 Å². The molecule has 1 fully saturated rings. The molecule has 2 aromatic rings. The molecule has 1 heterocycles. The molecule has 1 atom stereocenters. The number of rotatable bonds is 6. The van der Waals surface area contributed by atoms with Gasteiger partial charge in [0.05, 0.1) is 12.8 Å². The van der Waals surface area contributed by atoms with Crippen LogP contribution < -0.4 is 5.32 Å². The van der Waals surface area contributed by atoms with Gasteiger partial charge in [-0.3, -0.25) is 9.59 Å². The summed E-state index contributed by atoms with van der Waals surface area (Å²) in [6.07, 6.45) is 1.02. The number of amides is 2. The fraction of sp³-hybridized carbons (Fsp3) is 0.364. The monoisotopic (exact) mass is 447 g/mol. The largest absolute Gasteiger partial charge is 0.350 e. The van der Waals surface area contributed by atoms with E-state index in [4.69, 9.17) is 0 Å². The molecule has 0 spiro atoms. The van der Waals surface area contributed by atoms with Gasteiger partial charge in [-0.25, -0.2) is 12.8 Å². The van der Waals surface area contributed by atoms with Crippen molar-refractivity contribution >= 4 is 21.8 Å². The summed E-state index contributed by atoms with van der Waals surface area (Å²) in [5.74, 6) is -1.31. The average Bonchev–Trinajstić information content (AvgIpc) is 2.69. The first-order valence-corrected chi connectivity index (χ1v) is 11.7. The van der Waals surface area contributed by atoms with Crippen LogP contribution in [0.3, 0.4) is 0 Å². The second kappa shape index (κ2) is 8.76. The number of aryl methyl sites for hydroxylation is 1. The van der Waals surface area contributed by atoms with Crippen LogP contribution in [0.15, 0.2) is 48.5 Å². The minimum Gasteiger partial charge on any atom is -0.350 e. The lowest BCUT2D eigenvalue weighted by molar-refractivity contribution is -0.153. The molecule has 9 heteroatoms. The third-order valence-corrected chi connectivity index (χ3v) is 6.64. The van der Waals surface area contributed by atoms with Gasteiger partial charge in [0, 0.05) is 19.6 Å². The van der Waals surface area contributed by atoms with Crippen LogP contribution in [0, 0.1) is 12.7 Å². The van der Waals surface area contributed by atoms with Gasteiger partial charge in [0.15, 0.2) is 0 Å². The molecule has 1 N–H and O–H groups in total. The molecular weight excluding hydrogens is 421 g/mol. The number of carbonyl (C=O) groups excluding carboxylic acids is 2. The number of nitrogens with one attached hydrogen (secondary N) is 1. The van der Waals surface area contributed by atoms with E-state index in [1.54, 1.807) is 19.1 Å². The predicted molar refractivity (Wildman–Crippen MR) is 115 cm³/mol. The highest BCUT2D eigenvalue weighted by Crippen LogP contribution is 2.27. The first-order chi connectivity index (χ1) is 14.5. The normalized spacial score (nSPS) is 20.0. The van der Waals surface area contributed by atoms with Crippen LogP contribution in [0.4, 0.5) is 4.39 Å². The van der Waals surface area contributed by atoms with Crippen molar-refractivity contribution in [3.63, 3.8) is 0 Å². The van der Waals surface area contributed by atoms with Gasteiger partial charge < -0.3 is 10.2 Å². The summed E-state index contributed by atoms with van der Waals surface area (Å²) >= 11 is 0. The number of piperazine rings is 1. The molecule has 3 rings (SSSR count). The summed E-state index contributed by atoms with van der Waals surface area (Å²) < 4.78 is 38.5. The number of sulfonamides is 1. The maximum atomic E-state index is 13.2. The van der Waals surface area contributed by atoms with Gasteiger partial charge >= 0.3 is 0 Å². The van der Waals surface area contributed by atoms with Gasteiger partial charge in [0.2, 0.25) is 21.8 Å². The summed E-state index contributed by atoms with van der Waals surface area (Å²) in [5.41, 5.74) is 1.13. The molecule has 2 amide bonds. The van der Waals surface area contributed by atoms with E-state index in [0.717, 1.165) is 21.7 Å². The quantitative estimate of drug-likeness (QED) is 0.732. The van der Waals surface area contributed by atoms with E-state index >= 15 is 0 Å². The van der Waals surface area contributed by atoms with E-state index in [0.29, 0.717) is 5.56 Å². The topological polar surface area (TPSA) is 86.8 Å². The maximum absolute atomic E-state index is 13.2. The Morgan fingerprint density at radius 3 is 2.45 bits per heavy atom. The van der Waals surface area contributed by atoms with Crippen LogP contribution in [-0.4, -0.2) is 54.3 Å². The first kappa shape index (κ1) is 22.9. The Morgan fingerprint density at radius 1 is 1.16 bits per heavy atom. The van der Waals surface area contributed by atoms with Gasteiger partial charge in [0.1, 0.15) is 11.4 Å². The predicted octanol–water partition coefficient (Wildman–Crippen LogP) is 1.81. The number of hydrogen-bond donors (Lipinski definition) is 1. The molecule has 2 aromatic carbocycles. The second-order valence-electron chi connectivity index (χ2n) is 8.08. The van der Waals surface area contributed by atoms with Gasteiger partial charge in [0.25, 0.3) is 0 Å². The third-order valence-electron chi connectivity index (χ3n) is 5.44. The Kier molecular flexibility index (Phi) is 6.47. The van der Waals surface area contributed by atoms with Crippen LogP contribution in [0.1, 0.15) is 23.6 Å². The summed E-state index contributed by atoms with van der Waals surface area (Å²) in [6, 6.07) is 13.3. The SMILES string of the molecule is Cc1cccc(CN2C(=O)CN(S(C)(=O)=O)CC2(C)C(=O)NCc2ccc(F)cc2)c1. The highest BCUT2D eigenvalue weighted by Gasteiger charge is 2.49. The summed E-state index contributed by atoms with van der Waals surface area (Å²) in [5, 5.41) is 2.77. The lowest BCUT2D eigenvalue weighted by atomic mass is 9.94. The van der Waals surface area contributed by atoms with E-state index in [1.165, 1.54) is 17.0 Å². The van der Waals surface area contributed by atoms with Crippen molar-refractivity contribution in [2.75, 3.05) is 19.3 Å². The summed E-state index contributed by atoms with van der Waals surface area (Å²) in [4.78, 5) is 27.6. The zero-order valence-corrected chi connectivity index (χ0v) is 18.6. The molecule has 0 bridgehead atoms. The van der Waals surface area contributed by atoms with Crippen LogP contribution in [-0.2, 0) is 32.7 Å². The first-order valence-electron chi connectivity index (χ1n) is 9.83. The molecule has 0 saturated carbocycles. The van der Waals surface area contributed by atoms with Gasteiger partial charge in [-0.2, -0.15) is 4.31 Å². The Hall–Kier alpha value is -2.78. The molecule has 0 aromatic heterocycles. The van der Waals surface area contributed by atoms with E-state index in [1.807, 2.05) is 31.2 Å². The summed E-state index contributed by atoms with van der Waals surface area (Å²) in [6.45, 7) is 3.34. The minimum absolute atomic E-state index is 0.125. The maximum Gasteiger partial charge on any atom is 0.247 e. The Balaban J connectivity index is 1.88. The second-order valence-corrected chi connectivity index (χ2v) is 10.1. The van der Waals surface area contributed by atoms with E-state index in [-0.39, 0.29) is 32.0 Å². The minimum atomic E-state index is -3.67. The fourth-order valence-corrected chi connectivity index (χ4v) is 4.49. The van der Waals surface area contributed by atoms with Crippen LogP contribution >= 0.6 is 0 Å². The highest BCUT2D eigenvalue weighted by atomic mass is 32.2. The molecule has 1 saturated heterocycles. The molecule has 31 heavy (non-hydrogen) atoms. The van der Waals surface area contributed by atoms with Gasteiger partial charge in [-0.15, -0.1) is 0 Å². The smallest absolute Gasteiger partial charge is 0.247 e. The average molecular weight is 448 g/mol. The van der Waals surface area contributed by atoms with Gasteiger partial charge in [-0.05, 0) is 37.1 Å². The Morgan fingerprint density at radius 2 is 1.84 bits per heavy atom. The number of carbonyl (C=O) groups is 2. The van der Waals surface area contributed by atoms with E-state index in [2.05, 4.69) is 5.32 Å². The highest BCUT2D eigenvalue weighted by molar-refractivity contribution is 7.88. The van der Waals surface area contributed by atoms with Crippen LogP contribution in [0.2, 0.25) is 0 Å². The molecule has 1 aliphatic heterocycles. The summed E-state index contributed by atoms with van der Waals surface area (Å²) in [7, 11) is -3.67. The Bertz CT molecular complexity index is 1090. The lowest BCUT2D eigenvalue weighted by Crippen LogP contribution is -2.69. The Labute approximate surface area is 181 Å². The van der Waals surface area contributed by atoms with Crippen molar-refractivity contribution in [3.05, 3.63) is 71.0 Å². The molecule has 1 unspecified atom stereocenters. The molecule has 0 radical (unpaired) electrons. The standard InChI is InChI=1S/C22H26FN3O4S/c1-16-5-4-6-18(11-16)13-26-20(27)14-25(31(3,29)30)15-22(26,2)21(28)24-12-17-7-9-19(23)10-8-17/h4-11H,12-15H2,1-3H3,(H,24,28). The number of halogens is 1. The van der Waals surface area contributed by atoms with Crippen molar-refractivity contribution in [2.24, 2.45) is 0 Å². The van der Waals surface area contributed by atoms with E-state index in [9.17, 15) is 22.4 Å². The lowest BCUT2D eigenvalue weighted by Gasteiger charge is -2.46. The number of benzene rings is 2. The zero-order chi connectivity index (χ0) is 22.8. The zero-order valence-electron chi connectivity index (χ0n) is 17.8. The van der Waals surface area contributed by atoms with Crippen molar-refractivity contribution in [1.82, 2.24) is 14.5 Å². The van der Waals surface area contributed by atoms with Crippen molar-refractivity contribution in [1.29, 1.82) is 0 Å². The molecule has 166 valence electrons. The van der Waals surface area contributed by atoms with Gasteiger partial charge in [-0.1, -0.05) is 42.0 Å².